The van der Waals surface area contributed by atoms with Crippen molar-refractivity contribution in [2.45, 2.75) is 31.8 Å². The summed E-state index contributed by atoms with van der Waals surface area (Å²) in [5, 5.41) is 3.37. The van der Waals surface area contributed by atoms with Crippen LogP contribution in [0.3, 0.4) is 0 Å². The number of piperazine rings is 1. The molecule has 0 saturated carbocycles. The van der Waals surface area contributed by atoms with E-state index in [-0.39, 0.29) is 11.4 Å². The zero-order valence-electron chi connectivity index (χ0n) is 12.7. The van der Waals surface area contributed by atoms with Gasteiger partial charge in [-0.2, -0.15) is 0 Å². The molecule has 1 amide bonds. The zero-order chi connectivity index (χ0) is 14.7. The first-order chi connectivity index (χ1) is 10.2. The van der Waals surface area contributed by atoms with Crippen LogP contribution < -0.4 is 5.32 Å². The predicted molar refractivity (Wildman–Crippen MR) is 81.7 cm³/mol. The maximum Gasteiger partial charge on any atom is 0.242 e. The molecule has 2 aliphatic rings. The molecule has 0 aromatic carbocycles. The average Bonchev–Trinajstić information content (AvgIpc) is 2.96. The Morgan fingerprint density at radius 2 is 2.14 bits per heavy atom. The van der Waals surface area contributed by atoms with Crippen LogP contribution in [0, 0.1) is 0 Å². The lowest BCUT2D eigenvalue weighted by molar-refractivity contribution is -0.139. The van der Waals surface area contributed by atoms with Crippen molar-refractivity contribution in [2.24, 2.45) is 0 Å². The van der Waals surface area contributed by atoms with E-state index in [9.17, 15) is 4.79 Å². The van der Waals surface area contributed by atoms with Crippen LogP contribution in [0.5, 0.6) is 0 Å². The van der Waals surface area contributed by atoms with Gasteiger partial charge in [0, 0.05) is 38.9 Å². The van der Waals surface area contributed by atoms with Crippen LogP contribution in [-0.2, 0) is 11.3 Å². The number of hydrogen-bond acceptors (Lipinski definition) is 4. The van der Waals surface area contributed by atoms with Gasteiger partial charge in [0.15, 0.2) is 0 Å². The van der Waals surface area contributed by atoms with E-state index in [1.807, 2.05) is 30.2 Å². The first kappa shape index (κ1) is 14.5. The molecule has 1 aromatic rings. The third-order valence-corrected chi connectivity index (χ3v) is 4.61. The lowest BCUT2D eigenvalue weighted by atomic mass is 9.98. The SMILES string of the molecule is CC1(C(=O)N2CCN(Cc3ccccn3)CC2)CCCN1. The quantitative estimate of drug-likeness (QED) is 0.896. The van der Waals surface area contributed by atoms with Crippen molar-refractivity contribution in [1.29, 1.82) is 0 Å². The molecule has 5 heteroatoms. The number of rotatable bonds is 3. The van der Waals surface area contributed by atoms with E-state index in [2.05, 4.69) is 21.3 Å². The van der Waals surface area contributed by atoms with Crippen molar-refractivity contribution in [3.63, 3.8) is 0 Å². The summed E-state index contributed by atoms with van der Waals surface area (Å²) >= 11 is 0. The van der Waals surface area contributed by atoms with E-state index in [0.29, 0.717) is 0 Å². The summed E-state index contributed by atoms with van der Waals surface area (Å²) < 4.78 is 0. The summed E-state index contributed by atoms with van der Waals surface area (Å²) in [5.74, 6) is 0.275. The molecular weight excluding hydrogens is 264 g/mol. The lowest BCUT2D eigenvalue weighted by Gasteiger charge is -2.38. The highest BCUT2D eigenvalue weighted by Gasteiger charge is 2.39. The Labute approximate surface area is 126 Å². The highest BCUT2D eigenvalue weighted by molar-refractivity contribution is 5.86. The first-order valence-corrected chi connectivity index (χ1v) is 7.84. The Balaban J connectivity index is 1.52. The molecule has 1 aromatic heterocycles. The summed E-state index contributed by atoms with van der Waals surface area (Å²) in [6, 6.07) is 6.02. The largest absolute Gasteiger partial charge is 0.339 e. The van der Waals surface area contributed by atoms with Crippen LogP contribution in [-0.4, -0.2) is 59.0 Å². The number of amides is 1. The number of carbonyl (C=O) groups excluding carboxylic acids is 1. The standard InChI is InChI=1S/C16H24N4O/c1-16(6-4-8-18-16)15(21)20-11-9-19(10-12-20)13-14-5-2-3-7-17-14/h2-3,5,7,18H,4,6,8-13H2,1H3. The van der Waals surface area contributed by atoms with Crippen molar-refractivity contribution in [3.05, 3.63) is 30.1 Å². The normalized spacial score (nSPS) is 27.0. The van der Waals surface area contributed by atoms with E-state index in [4.69, 9.17) is 0 Å². The molecule has 0 bridgehead atoms. The Bertz CT molecular complexity index is 476. The first-order valence-electron chi connectivity index (χ1n) is 7.84. The van der Waals surface area contributed by atoms with Crippen LogP contribution in [0.1, 0.15) is 25.5 Å². The van der Waals surface area contributed by atoms with Crippen LogP contribution >= 0.6 is 0 Å². The lowest BCUT2D eigenvalue weighted by Crippen LogP contribution is -2.57. The molecular formula is C16H24N4O. The number of hydrogen-bond donors (Lipinski definition) is 1. The Morgan fingerprint density at radius 1 is 1.33 bits per heavy atom. The molecule has 2 aliphatic heterocycles. The van der Waals surface area contributed by atoms with Gasteiger partial charge < -0.3 is 10.2 Å². The maximum absolute atomic E-state index is 12.6. The highest BCUT2D eigenvalue weighted by atomic mass is 16.2. The fourth-order valence-corrected chi connectivity index (χ4v) is 3.26. The topological polar surface area (TPSA) is 48.5 Å². The van der Waals surface area contributed by atoms with E-state index >= 15 is 0 Å². The van der Waals surface area contributed by atoms with Gasteiger partial charge in [0.1, 0.15) is 0 Å². The van der Waals surface area contributed by atoms with Crippen LogP contribution in [0.4, 0.5) is 0 Å². The van der Waals surface area contributed by atoms with Crippen LogP contribution in [0.2, 0.25) is 0 Å². The fraction of sp³-hybridized carbons (Fsp3) is 0.625. The van der Waals surface area contributed by atoms with Gasteiger partial charge in [0.05, 0.1) is 11.2 Å². The van der Waals surface area contributed by atoms with E-state index in [1.165, 1.54) is 0 Å². The molecule has 3 heterocycles. The van der Waals surface area contributed by atoms with Crippen molar-refractivity contribution in [2.75, 3.05) is 32.7 Å². The minimum Gasteiger partial charge on any atom is -0.339 e. The molecule has 1 N–H and O–H groups in total. The van der Waals surface area contributed by atoms with Gasteiger partial charge in [0.25, 0.3) is 0 Å². The number of aromatic nitrogens is 1. The molecule has 5 nitrogen and oxygen atoms in total. The van der Waals surface area contributed by atoms with Crippen molar-refractivity contribution in [3.8, 4) is 0 Å². The number of nitrogens with zero attached hydrogens (tertiary/aromatic N) is 3. The third-order valence-electron chi connectivity index (χ3n) is 4.61. The van der Waals surface area contributed by atoms with Crippen molar-refractivity contribution in [1.82, 2.24) is 20.1 Å². The number of nitrogens with one attached hydrogen (secondary N) is 1. The van der Waals surface area contributed by atoms with E-state index in [0.717, 1.165) is 57.8 Å². The Kier molecular flexibility index (Phi) is 4.22. The highest BCUT2D eigenvalue weighted by Crippen LogP contribution is 2.22. The summed E-state index contributed by atoms with van der Waals surface area (Å²) in [7, 11) is 0. The summed E-state index contributed by atoms with van der Waals surface area (Å²) in [5.41, 5.74) is 0.769. The predicted octanol–water partition coefficient (Wildman–Crippen LogP) is 0.868. The van der Waals surface area contributed by atoms with E-state index < -0.39 is 0 Å². The smallest absolute Gasteiger partial charge is 0.242 e. The molecule has 1 atom stereocenters. The minimum atomic E-state index is -0.330. The minimum absolute atomic E-state index is 0.275. The fourth-order valence-electron chi connectivity index (χ4n) is 3.26. The average molecular weight is 288 g/mol. The van der Waals surface area contributed by atoms with Gasteiger partial charge in [-0.3, -0.25) is 14.7 Å². The molecule has 3 rings (SSSR count). The maximum atomic E-state index is 12.6. The molecule has 0 radical (unpaired) electrons. The Hall–Kier alpha value is -1.46. The number of carbonyl (C=O) groups is 1. The van der Waals surface area contributed by atoms with Gasteiger partial charge >= 0.3 is 0 Å². The van der Waals surface area contributed by atoms with Gasteiger partial charge in [-0.05, 0) is 38.4 Å². The van der Waals surface area contributed by atoms with Crippen molar-refractivity contribution >= 4 is 5.91 Å². The van der Waals surface area contributed by atoms with Gasteiger partial charge in [-0.25, -0.2) is 0 Å². The summed E-state index contributed by atoms with van der Waals surface area (Å²) in [6.07, 6.45) is 3.89. The second-order valence-corrected chi connectivity index (χ2v) is 6.25. The monoisotopic (exact) mass is 288 g/mol. The van der Waals surface area contributed by atoms with Crippen molar-refractivity contribution < 1.29 is 4.79 Å². The molecule has 114 valence electrons. The Morgan fingerprint density at radius 3 is 2.76 bits per heavy atom. The van der Waals surface area contributed by atoms with Gasteiger partial charge in [-0.1, -0.05) is 6.07 Å². The van der Waals surface area contributed by atoms with E-state index in [1.54, 1.807) is 0 Å². The van der Waals surface area contributed by atoms with Gasteiger partial charge in [-0.15, -0.1) is 0 Å². The second-order valence-electron chi connectivity index (χ2n) is 6.25. The molecule has 21 heavy (non-hydrogen) atoms. The summed E-state index contributed by atoms with van der Waals surface area (Å²) in [4.78, 5) is 21.4. The molecule has 1 unspecified atom stereocenters. The molecule has 0 spiro atoms. The third kappa shape index (κ3) is 3.24. The van der Waals surface area contributed by atoms with Crippen LogP contribution in [0.25, 0.3) is 0 Å². The van der Waals surface area contributed by atoms with Gasteiger partial charge in [0.2, 0.25) is 5.91 Å². The molecule has 0 aliphatic carbocycles. The summed E-state index contributed by atoms with van der Waals surface area (Å²) in [6.45, 7) is 7.38. The van der Waals surface area contributed by atoms with Crippen LogP contribution in [0.15, 0.2) is 24.4 Å². The molecule has 2 saturated heterocycles. The molecule has 2 fully saturated rings. The number of pyridine rings is 1. The second kappa shape index (κ2) is 6.12. The zero-order valence-corrected chi connectivity index (χ0v) is 12.7.